The zero-order chi connectivity index (χ0) is 14.4. The lowest BCUT2D eigenvalue weighted by molar-refractivity contribution is 0.717. The number of halogens is 1. The number of nitriles is 1. The van der Waals surface area contributed by atoms with Crippen molar-refractivity contribution in [3.8, 4) is 17.2 Å². The number of benzene rings is 2. The molecule has 0 heterocycles. The van der Waals surface area contributed by atoms with Crippen molar-refractivity contribution in [2.75, 3.05) is 0 Å². The lowest BCUT2D eigenvalue weighted by atomic mass is 9.98. The van der Waals surface area contributed by atoms with Crippen LogP contribution in [-0.2, 0) is 6.42 Å². The second-order valence-corrected chi connectivity index (χ2v) is 5.87. The number of rotatable bonds is 5. The average Bonchev–Trinajstić information content (AvgIpc) is 2.48. The molecule has 2 aromatic carbocycles. The molecule has 0 fully saturated rings. The first-order valence-corrected chi connectivity index (χ1v) is 7.83. The predicted molar refractivity (Wildman–Crippen MR) is 87.5 cm³/mol. The topological polar surface area (TPSA) is 23.8 Å². The van der Waals surface area contributed by atoms with Crippen LogP contribution in [0.25, 0.3) is 11.1 Å². The zero-order valence-corrected chi connectivity index (χ0v) is 13.3. The van der Waals surface area contributed by atoms with Crippen molar-refractivity contribution >= 4 is 15.9 Å². The summed E-state index contributed by atoms with van der Waals surface area (Å²) in [5.74, 6) is 0. The fourth-order valence-corrected chi connectivity index (χ4v) is 2.65. The molecule has 0 atom stereocenters. The van der Waals surface area contributed by atoms with Gasteiger partial charge in [0, 0.05) is 4.47 Å². The van der Waals surface area contributed by atoms with Gasteiger partial charge in [-0.1, -0.05) is 66.0 Å². The molecular weight excluding hydrogens is 310 g/mol. The molecule has 0 amide bonds. The summed E-state index contributed by atoms with van der Waals surface area (Å²) >= 11 is 3.41. The maximum Gasteiger partial charge on any atom is 0.0998 e. The van der Waals surface area contributed by atoms with Crippen molar-refractivity contribution in [1.29, 1.82) is 5.26 Å². The minimum atomic E-state index is 0.707. The Morgan fingerprint density at radius 2 is 1.80 bits per heavy atom. The van der Waals surface area contributed by atoms with E-state index in [-0.39, 0.29) is 0 Å². The smallest absolute Gasteiger partial charge is 0.0998 e. The second kappa shape index (κ2) is 7.26. The van der Waals surface area contributed by atoms with Crippen LogP contribution in [0.1, 0.15) is 37.3 Å². The molecule has 0 saturated carbocycles. The predicted octanol–water partition coefficient (Wildman–Crippen LogP) is 5.72. The Bertz CT molecular complexity index is 608. The molecule has 0 saturated heterocycles. The van der Waals surface area contributed by atoms with Crippen LogP contribution in [0.3, 0.4) is 0 Å². The Kier molecular flexibility index (Phi) is 5.38. The van der Waals surface area contributed by atoms with Crippen LogP contribution in [0.2, 0.25) is 0 Å². The normalized spacial score (nSPS) is 10.2. The van der Waals surface area contributed by atoms with Crippen molar-refractivity contribution in [2.45, 2.75) is 32.6 Å². The largest absolute Gasteiger partial charge is 0.192 e. The summed E-state index contributed by atoms with van der Waals surface area (Å²) in [6, 6.07) is 16.7. The third-order valence-corrected chi connectivity index (χ3v) is 3.93. The maximum absolute atomic E-state index is 9.23. The summed E-state index contributed by atoms with van der Waals surface area (Å²) in [5, 5.41) is 9.23. The highest BCUT2D eigenvalue weighted by atomic mass is 79.9. The number of hydrogen-bond acceptors (Lipinski definition) is 1. The van der Waals surface area contributed by atoms with Gasteiger partial charge in [-0.15, -0.1) is 0 Å². The van der Waals surface area contributed by atoms with Crippen molar-refractivity contribution in [1.82, 2.24) is 0 Å². The third kappa shape index (κ3) is 3.71. The van der Waals surface area contributed by atoms with E-state index in [4.69, 9.17) is 0 Å². The van der Waals surface area contributed by atoms with E-state index in [0.29, 0.717) is 5.56 Å². The minimum absolute atomic E-state index is 0.707. The Morgan fingerprint density at radius 3 is 2.45 bits per heavy atom. The van der Waals surface area contributed by atoms with Gasteiger partial charge in [0.1, 0.15) is 0 Å². The lowest BCUT2D eigenvalue weighted by Crippen LogP contribution is -1.88. The molecule has 102 valence electrons. The van der Waals surface area contributed by atoms with E-state index in [1.165, 1.54) is 24.8 Å². The van der Waals surface area contributed by atoms with E-state index >= 15 is 0 Å². The molecule has 0 N–H and O–H groups in total. The van der Waals surface area contributed by atoms with Gasteiger partial charge in [-0.3, -0.25) is 0 Å². The number of nitrogens with zero attached hydrogens (tertiary/aromatic N) is 1. The number of aryl methyl sites for hydroxylation is 1. The molecule has 1 nitrogen and oxygen atoms in total. The molecule has 0 aliphatic carbocycles. The standard InChI is InChI=1S/C18H18BrN/c1-2-3-4-5-14-6-8-15(9-7-14)18-11-10-17(19)12-16(18)13-20/h6-12H,2-5H2,1H3. The summed E-state index contributed by atoms with van der Waals surface area (Å²) in [5.41, 5.74) is 4.18. The molecule has 0 bridgehead atoms. The molecule has 0 unspecified atom stereocenters. The zero-order valence-electron chi connectivity index (χ0n) is 11.7. The fraction of sp³-hybridized carbons (Fsp3) is 0.278. The van der Waals surface area contributed by atoms with Crippen molar-refractivity contribution in [3.05, 3.63) is 58.1 Å². The molecule has 20 heavy (non-hydrogen) atoms. The molecule has 0 aliphatic heterocycles. The molecular formula is C18H18BrN. The van der Waals surface area contributed by atoms with Crippen molar-refractivity contribution in [3.63, 3.8) is 0 Å². The van der Waals surface area contributed by atoms with E-state index in [0.717, 1.165) is 22.0 Å². The van der Waals surface area contributed by atoms with Gasteiger partial charge < -0.3 is 0 Å². The Morgan fingerprint density at radius 1 is 1.05 bits per heavy atom. The van der Waals surface area contributed by atoms with Crippen LogP contribution in [0.4, 0.5) is 0 Å². The maximum atomic E-state index is 9.23. The summed E-state index contributed by atoms with van der Waals surface area (Å²) in [7, 11) is 0. The highest BCUT2D eigenvalue weighted by Crippen LogP contribution is 2.26. The third-order valence-electron chi connectivity index (χ3n) is 3.44. The summed E-state index contributed by atoms with van der Waals surface area (Å²) < 4.78 is 0.939. The van der Waals surface area contributed by atoms with Crippen LogP contribution < -0.4 is 0 Å². The van der Waals surface area contributed by atoms with Gasteiger partial charge >= 0.3 is 0 Å². The molecule has 2 heteroatoms. The fourth-order valence-electron chi connectivity index (χ4n) is 2.29. The Hall–Kier alpha value is -1.59. The van der Waals surface area contributed by atoms with Gasteiger partial charge in [-0.05, 0) is 41.7 Å². The molecule has 0 aliphatic rings. The van der Waals surface area contributed by atoms with E-state index in [1.54, 1.807) is 0 Å². The average molecular weight is 328 g/mol. The van der Waals surface area contributed by atoms with Crippen LogP contribution in [-0.4, -0.2) is 0 Å². The molecule has 0 aromatic heterocycles. The van der Waals surface area contributed by atoms with Gasteiger partial charge in [0.15, 0.2) is 0 Å². The Labute approximate surface area is 129 Å². The van der Waals surface area contributed by atoms with Crippen LogP contribution in [0.5, 0.6) is 0 Å². The van der Waals surface area contributed by atoms with E-state index in [2.05, 4.69) is 53.2 Å². The second-order valence-electron chi connectivity index (χ2n) is 4.96. The van der Waals surface area contributed by atoms with Gasteiger partial charge in [-0.25, -0.2) is 0 Å². The SMILES string of the molecule is CCCCCc1ccc(-c2ccc(Br)cc2C#N)cc1. The highest BCUT2D eigenvalue weighted by molar-refractivity contribution is 9.10. The quantitative estimate of drug-likeness (QED) is 0.644. The molecule has 0 radical (unpaired) electrons. The summed E-state index contributed by atoms with van der Waals surface area (Å²) in [4.78, 5) is 0. The Balaban J connectivity index is 2.20. The van der Waals surface area contributed by atoms with Crippen LogP contribution in [0, 0.1) is 11.3 Å². The first-order valence-electron chi connectivity index (χ1n) is 7.03. The van der Waals surface area contributed by atoms with Crippen LogP contribution >= 0.6 is 15.9 Å². The first kappa shape index (κ1) is 14.8. The monoisotopic (exact) mass is 327 g/mol. The van der Waals surface area contributed by atoms with E-state index < -0.39 is 0 Å². The number of unbranched alkanes of at least 4 members (excludes halogenated alkanes) is 2. The van der Waals surface area contributed by atoms with Crippen molar-refractivity contribution in [2.24, 2.45) is 0 Å². The van der Waals surface area contributed by atoms with Gasteiger partial charge in [0.2, 0.25) is 0 Å². The lowest BCUT2D eigenvalue weighted by Gasteiger charge is -2.07. The molecule has 2 rings (SSSR count). The van der Waals surface area contributed by atoms with E-state index in [1.807, 2.05) is 18.2 Å². The van der Waals surface area contributed by atoms with Gasteiger partial charge in [-0.2, -0.15) is 5.26 Å². The highest BCUT2D eigenvalue weighted by Gasteiger charge is 2.05. The van der Waals surface area contributed by atoms with Gasteiger partial charge in [0.25, 0.3) is 0 Å². The van der Waals surface area contributed by atoms with Crippen molar-refractivity contribution < 1.29 is 0 Å². The summed E-state index contributed by atoms with van der Waals surface area (Å²) in [6.45, 7) is 2.22. The minimum Gasteiger partial charge on any atom is -0.192 e. The summed E-state index contributed by atoms with van der Waals surface area (Å²) in [6.07, 6.45) is 4.92. The van der Waals surface area contributed by atoms with E-state index in [9.17, 15) is 5.26 Å². The number of hydrogen-bond donors (Lipinski definition) is 0. The van der Waals surface area contributed by atoms with Gasteiger partial charge in [0.05, 0.1) is 11.6 Å². The molecule has 0 spiro atoms. The first-order chi connectivity index (χ1) is 9.74. The molecule has 2 aromatic rings. The van der Waals surface area contributed by atoms with Crippen LogP contribution in [0.15, 0.2) is 46.9 Å².